The van der Waals surface area contributed by atoms with E-state index in [0.717, 1.165) is 23.7 Å². The number of benzene rings is 2. The van der Waals surface area contributed by atoms with Crippen molar-refractivity contribution in [3.05, 3.63) is 81.4 Å². The molecule has 0 spiro atoms. The molecule has 3 unspecified atom stereocenters. The monoisotopic (exact) mass is 380 g/mol. The molecular formula is C29H32. The first kappa shape index (κ1) is 18.7. The van der Waals surface area contributed by atoms with E-state index in [4.69, 9.17) is 0 Å². The molecule has 0 nitrogen and oxygen atoms in total. The van der Waals surface area contributed by atoms with Gasteiger partial charge in [-0.25, -0.2) is 0 Å². The van der Waals surface area contributed by atoms with Crippen LogP contribution in [0, 0.1) is 30.6 Å². The molecule has 0 radical (unpaired) electrons. The van der Waals surface area contributed by atoms with Crippen molar-refractivity contribution in [1.82, 2.24) is 0 Å². The summed E-state index contributed by atoms with van der Waals surface area (Å²) < 4.78 is 0. The zero-order valence-corrected chi connectivity index (χ0v) is 18.0. The molecule has 3 atom stereocenters. The average Bonchev–Trinajstić information content (AvgIpc) is 3.65. The number of hydrogen-bond acceptors (Lipinski definition) is 0. The molecule has 0 heterocycles. The standard InChI is InChI=1S/C29H32/c1-4-21-17-28(29(23-15-16-23)25-12-8-7-11-24(21)25)27-18-26(27)20(3)13-14-22-10-6-5-9-19(22)2/h5-12,14,23,26-28H,4,15-18H2,1-3H3. The zero-order valence-electron chi connectivity index (χ0n) is 18.0. The van der Waals surface area contributed by atoms with Crippen molar-refractivity contribution in [3.8, 4) is 0 Å². The molecule has 3 aliphatic rings. The fraction of sp³-hybridized carbons (Fsp3) is 0.414. The quantitative estimate of drug-likeness (QED) is 0.556. The summed E-state index contributed by atoms with van der Waals surface area (Å²) in [6.07, 6.45) is 8.83. The van der Waals surface area contributed by atoms with Crippen molar-refractivity contribution in [2.45, 2.75) is 52.9 Å². The summed E-state index contributed by atoms with van der Waals surface area (Å²) >= 11 is 0. The first-order chi connectivity index (χ1) is 14.2. The van der Waals surface area contributed by atoms with Crippen molar-refractivity contribution in [2.75, 3.05) is 0 Å². The molecule has 148 valence electrons. The normalized spacial score (nSPS) is 25.3. The average molecular weight is 381 g/mol. The Bertz CT molecular complexity index is 1120. The highest BCUT2D eigenvalue weighted by molar-refractivity contribution is 5.64. The SMILES string of the molecule is CCC1=c2ccccc2=C(C2CC2)C(C2CC2C(C)=C=Cc2ccccc2C)C1. The van der Waals surface area contributed by atoms with Gasteiger partial charge in [-0.05, 0) is 103 Å². The van der Waals surface area contributed by atoms with Crippen LogP contribution in [0.4, 0.5) is 0 Å². The lowest BCUT2D eigenvalue weighted by molar-refractivity contribution is 0.541. The lowest BCUT2D eigenvalue weighted by atomic mass is 9.78. The molecule has 0 bridgehead atoms. The van der Waals surface area contributed by atoms with Crippen LogP contribution in [0.5, 0.6) is 0 Å². The summed E-state index contributed by atoms with van der Waals surface area (Å²) in [6, 6.07) is 17.9. The van der Waals surface area contributed by atoms with Gasteiger partial charge < -0.3 is 0 Å². The van der Waals surface area contributed by atoms with Gasteiger partial charge in [-0.15, -0.1) is 5.73 Å². The van der Waals surface area contributed by atoms with E-state index in [1.54, 1.807) is 21.6 Å². The van der Waals surface area contributed by atoms with Crippen molar-refractivity contribution >= 4 is 17.2 Å². The van der Waals surface area contributed by atoms with E-state index in [9.17, 15) is 0 Å². The topological polar surface area (TPSA) is 0 Å². The molecule has 5 rings (SSSR count). The summed E-state index contributed by atoms with van der Waals surface area (Å²) in [5.41, 5.74) is 11.2. The first-order valence-electron chi connectivity index (χ1n) is 11.5. The smallest absolute Gasteiger partial charge is 0.00924 e. The molecule has 0 aliphatic heterocycles. The largest absolute Gasteiger partial charge is 0.121 e. The van der Waals surface area contributed by atoms with E-state index in [-0.39, 0.29) is 0 Å². The second-order valence-electron chi connectivity index (χ2n) is 9.38. The van der Waals surface area contributed by atoms with Gasteiger partial charge in [0.15, 0.2) is 0 Å². The van der Waals surface area contributed by atoms with Gasteiger partial charge in [0.25, 0.3) is 0 Å². The van der Waals surface area contributed by atoms with Crippen LogP contribution in [-0.4, -0.2) is 0 Å². The van der Waals surface area contributed by atoms with Crippen molar-refractivity contribution in [1.29, 1.82) is 0 Å². The molecule has 2 saturated carbocycles. The Hall–Kier alpha value is -2.30. The molecule has 0 amide bonds. The van der Waals surface area contributed by atoms with E-state index in [1.807, 2.05) is 0 Å². The van der Waals surface area contributed by atoms with Crippen LogP contribution >= 0.6 is 0 Å². The van der Waals surface area contributed by atoms with Crippen molar-refractivity contribution in [2.24, 2.45) is 23.7 Å². The van der Waals surface area contributed by atoms with Crippen LogP contribution in [0.3, 0.4) is 0 Å². The van der Waals surface area contributed by atoms with E-state index in [2.05, 4.69) is 81.1 Å². The van der Waals surface area contributed by atoms with Crippen LogP contribution in [-0.2, 0) is 0 Å². The Labute approximate surface area is 175 Å². The maximum Gasteiger partial charge on any atom is -0.00924 e. The van der Waals surface area contributed by atoms with Gasteiger partial charge in [0.1, 0.15) is 0 Å². The third-order valence-electron chi connectivity index (χ3n) is 7.49. The molecule has 0 saturated heterocycles. The van der Waals surface area contributed by atoms with Gasteiger partial charge in [0.05, 0.1) is 0 Å². The van der Waals surface area contributed by atoms with E-state index in [1.165, 1.54) is 48.8 Å². The number of aryl methyl sites for hydroxylation is 1. The maximum atomic E-state index is 3.65. The summed E-state index contributed by atoms with van der Waals surface area (Å²) in [4.78, 5) is 0. The summed E-state index contributed by atoms with van der Waals surface area (Å²) in [7, 11) is 0. The number of rotatable bonds is 5. The van der Waals surface area contributed by atoms with E-state index in [0.29, 0.717) is 0 Å². The Morgan fingerprint density at radius 1 is 1.03 bits per heavy atom. The molecule has 2 fully saturated rings. The van der Waals surface area contributed by atoms with Gasteiger partial charge in [-0.2, -0.15) is 0 Å². The predicted molar refractivity (Wildman–Crippen MR) is 124 cm³/mol. The Morgan fingerprint density at radius 3 is 2.48 bits per heavy atom. The van der Waals surface area contributed by atoms with Gasteiger partial charge in [0, 0.05) is 0 Å². The number of fused-ring (bicyclic) bond motifs is 1. The maximum absolute atomic E-state index is 3.65. The Morgan fingerprint density at radius 2 is 1.76 bits per heavy atom. The highest BCUT2D eigenvalue weighted by atomic mass is 14.5. The summed E-state index contributed by atoms with van der Waals surface area (Å²) in [6.45, 7) is 6.82. The number of hydrogen-bond donors (Lipinski definition) is 0. The van der Waals surface area contributed by atoms with Crippen LogP contribution in [0.1, 0.15) is 57.1 Å². The predicted octanol–water partition coefficient (Wildman–Crippen LogP) is 6.03. The molecular weight excluding hydrogens is 348 g/mol. The molecule has 2 aromatic carbocycles. The molecule has 0 aromatic heterocycles. The van der Waals surface area contributed by atoms with Crippen LogP contribution in [0.2, 0.25) is 0 Å². The van der Waals surface area contributed by atoms with Crippen molar-refractivity contribution in [3.63, 3.8) is 0 Å². The summed E-state index contributed by atoms with van der Waals surface area (Å²) in [5.74, 6) is 3.15. The minimum absolute atomic E-state index is 0.720. The fourth-order valence-corrected chi connectivity index (χ4v) is 5.57. The Kier molecular flexibility index (Phi) is 4.84. The minimum Gasteiger partial charge on any atom is -0.121 e. The fourth-order valence-electron chi connectivity index (χ4n) is 5.57. The van der Waals surface area contributed by atoms with Crippen LogP contribution in [0.25, 0.3) is 17.2 Å². The third kappa shape index (κ3) is 3.56. The van der Waals surface area contributed by atoms with E-state index < -0.39 is 0 Å². The molecule has 29 heavy (non-hydrogen) atoms. The second kappa shape index (κ2) is 7.51. The Balaban J connectivity index is 1.46. The van der Waals surface area contributed by atoms with Gasteiger partial charge >= 0.3 is 0 Å². The molecule has 0 heteroatoms. The minimum atomic E-state index is 0.720. The van der Waals surface area contributed by atoms with Gasteiger partial charge in [0.2, 0.25) is 0 Å². The first-order valence-corrected chi connectivity index (χ1v) is 11.5. The van der Waals surface area contributed by atoms with Crippen molar-refractivity contribution < 1.29 is 0 Å². The third-order valence-corrected chi connectivity index (χ3v) is 7.49. The van der Waals surface area contributed by atoms with Crippen LogP contribution < -0.4 is 10.4 Å². The van der Waals surface area contributed by atoms with Gasteiger partial charge in [-0.1, -0.05) is 66.6 Å². The second-order valence-corrected chi connectivity index (χ2v) is 9.38. The van der Waals surface area contributed by atoms with Crippen LogP contribution in [0.15, 0.2) is 59.8 Å². The lowest BCUT2D eigenvalue weighted by Crippen LogP contribution is -2.36. The highest BCUT2D eigenvalue weighted by Gasteiger charge is 2.48. The van der Waals surface area contributed by atoms with Gasteiger partial charge in [-0.3, -0.25) is 0 Å². The van der Waals surface area contributed by atoms with E-state index >= 15 is 0 Å². The lowest BCUT2D eigenvalue weighted by Gasteiger charge is -2.27. The number of allylic oxidation sites excluding steroid dienone is 1. The molecule has 2 aromatic rings. The molecule has 0 N–H and O–H groups in total. The highest BCUT2D eigenvalue weighted by Crippen LogP contribution is 2.57. The molecule has 3 aliphatic carbocycles. The zero-order chi connectivity index (χ0) is 20.0. The summed E-state index contributed by atoms with van der Waals surface area (Å²) in [5, 5.41) is 3.14.